The van der Waals surface area contributed by atoms with E-state index >= 15 is 0 Å². The molecule has 132 valence electrons. The zero-order valence-corrected chi connectivity index (χ0v) is 16.4. The second-order valence-electron chi connectivity index (χ2n) is 6.11. The Morgan fingerprint density at radius 3 is 2.23 bits per heavy atom. The van der Waals surface area contributed by atoms with Gasteiger partial charge in [0.15, 0.2) is 10.1 Å². The van der Waals surface area contributed by atoms with E-state index in [-0.39, 0.29) is 11.7 Å². The molecular formula is C20H18N2O2S2. The van der Waals surface area contributed by atoms with Gasteiger partial charge in [0, 0.05) is 25.3 Å². The first kappa shape index (κ1) is 18.4. The maximum atomic E-state index is 12.8. The molecule has 1 heterocycles. The quantitative estimate of drug-likeness (QED) is 0.446. The van der Waals surface area contributed by atoms with Crippen molar-refractivity contribution in [2.45, 2.75) is 6.92 Å². The van der Waals surface area contributed by atoms with Crippen molar-refractivity contribution in [1.82, 2.24) is 0 Å². The molecule has 1 aliphatic rings. The minimum absolute atomic E-state index is 0.0111. The Bertz CT molecular complexity index is 900. The van der Waals surface area contributed by atoms with E-state index in [0.29, 0.717) is 20.5 Å². The van der Waals surface area contributed by atoms with Crippen molar-refractivity contribution in [3.05, 3.63) is 64.6 Å². The van der Waals surface area contributed by atoms with Gasteiger partial charge in [-0.2, -0.15) is 0 Å². The molecular weight excluding hydrogens is 364 g/mol. The lowest BCUT2D eigenvalue weighted by molar-refractivity contribution is -0.113. The van der Waals surface area contributed by atoms with Crippen molar-refractivity contribution in [2.75, 3.05) is 23.9 Å². The molecule has 2 aromatic carbocycles. The van der Waals surface area contributed by atoms with Crippen molar-refractivity contribution >= 4 is 57.4 Å². The summed E-state index contributed by atoms with van der Waals surface area (Å²) in [7, 11) is 3.97. The molecule has 2 aromatic rings. The van der Waals surface area contributed by atoms with E-state index in [1.54, 1.807) is 24.3 Å². The number of rotatable bonds is 4. The van der Waals surface area contributed by atoms with Crippen LogP contribution in [-0.4, -0.2) is 30.1 Å². The largest absolute Gasteiger partial charge is 0.378 e. The maximum Gasteiger partial charge on any atom is 0.270 e. The summed E-state index contributed by atoms with van der Waals surface area (Å²) in [4.78, 5) is 28.3. The van der Waals surface area contributed by atoms with E-state index in [4.69, 9.17) is 12.2 Å². The molecule has 6 heteroatoms. The molecule has 0 spiro atoms. The molecule has 0 N–H and O–H groups in total. The summed E-state index contributed by atoms with van der Waals surface area (Å²) >= 11 is 6.67. The number of carbonyl (C=O) groups excluding carboxylic acids is 2. The average molecular weight is 383 g/mol. The molecule has 3 rings (SSSR count). The predicted molar refractivity (Wildman–Crippen MR) is 113 cm³/mol. The summed E-state index contributed by atoms with van der Waals surface area (Å²) in [6.45, 7) is 1.51. The van der Waals surface area contributed by atoms with Crippen LogP contribution in [0, 0.1) is 0 Å². The molecule has 26 heavy (non-hydrogen) atoms. The number of nitrogens with zero attached hydrogens (tertiary/aromatic N) is 2. The lowest BCUT2D eigenvalue weighted by atomic mass is 10.1. The Hall–Kier alpha value is -2.44. The van der Waals surface area contributed by atoms with Crippen LogP contribution >= 0.6 is 24.0 Å². The van der Waals surface area contributed by atoms with Crippen molar-refractivity contribution in [3.8, 4) is 0 Å². The van der Waals surface area contributed by atoms with Gasteiger partial charge in [0.2, 0.25) is 0 Å². The highest BCUT2D eigenvalue weighted by Crippen LogP contribution is 2.36. The van der Waals surface area contributed by atoms with Crippen LogP contribution in [0.5, 0.6) is 0 Å². The van der Waals surface area contributed by atoms with Crippen molar-refractivity contribution in [2.24, 2.45) is 0 Å². The maximum absolute atomic E-state index is 12.8. The average Bonchev–Trinajstić information content (AvgIpc) is 2.89. The Balaban J connectivity index is 1.85. The normalized spacial score (nSPS) is 15.7. The first-order valence-electron chi connectivity index (χ1n) is 8.03. The second-order valence-corrected chi connectivity index (χ2v) is 7.78. The van der Waals surface area contributed by atoms with Crippen molar-refractivity contribution in [1.29, 1.82) is 0 Å². The van der Waals surface area contributed by atoms with Gasteiger partial charge in [0.25, 0.3) is 5.91 Å². The molecule has 1 amide bonds. The number of benzene rings is 2. The highest BCUT2D eigenvalue weighted by Gasteiger charge is 2.33. The van der Waals surface area contributed by atoms with Crippen LogP contribution < -0.4 is 9.80 Å². The van der Waals surface area contributed by atoms with Crippen LogP contribution in [-0.2, 0) is 4.79 Å². The van der Waals surface area contributed by atoms with Gasteiger partial charge in [-0.15, -0.1) is 0 Å². The summed E-state index contributed by atoms with van der Waals surface area (Å²) < 4.78 is 0.488. The number of thioether (sulfide) groups is 1. The third-order valence-corrected chi connectivity index (χ3v) is 5.34. The number of thiocarbonyl (C=S) groups is 1. The summed E-state index contributed by atoms with van der Waals surface area (Å²) in [5, 5.41) is 0. The van der Waals surface area contributed by atoms with Gasteiger partial charge in [0.1, 0.15) is 0 Å². The standard InChI is InChI=1S/C20H18N2O2S2/c1-13(23)15-6-10-17(11-7-15)22-19(24)18(26-20(22)25)12-14-4-8-16(9-5-14)21(2)3/h4-12H,1-3H3. The number of hydrogen-bond donors (Lipinski definition) is 0. The van der Waals surface area contributed by atoms with E-state index in [1.165, 1.54) is 23.6 Å². The van der Waals surface area contributed by atoms with Gasteiger partial charge in [-0.05, 0) is 55.0 Å². The van der Waals surface area contributed by atoms with Gasteiger partial charge in [0.05, 0.1) is 10.6 Å². The third-order valence-electron chi connectivity index (χ3n) is 4.03. The SMILES string of the molecule is CC(=O)c1ccc(N2C(=O)C(=Cc3ccc(N(C)C)cc3)SC2=S)cc1. The van der Waals surface area contributed by atoms with E-state index < -0.39 is 0 Å². The molecule has 0 radical (unpaired) electrons. The van der Waals surface area contributed by atoms with E-state index in [9.17, 15) is 9.59 Å². The fourth-order valence-electron chi connectivity index (χ4n) is 2.56. The zero-order valence-electron chi connectivity index (χ0n) is 14.7. The number of anilines is 2. The molecule has 1 fully saturated rings. The Labute approximate surface area is 162 Å². The molecule has 0 atom stereocenters. The van der Waals surface area contributed by atoms with Gasteiger partial charge < -0.3 is 4.90 Å². The minimum atomic E-state index is -0.146. The Kier molecular flexibility index (Phi) is 5.25. The fourth-order valence-corrected chi connectivity index (χ4v) is 3.85. The van der Waals surface area contributed by atoms with Crippen LogP contribution in [0.25, 0.3) is 6.08 Å². The number of Topliss-reactive ketones (excluding diaryl/α,β-unsaturated/α-hetero) is 1. The Morgan fingerprint density at radius 2 is 1.69 bits per heavy atom. The summed E-state index contributed by atoms with van der Waals surface area (Å²) in [6.07, 6.45) is 1.85. The Morgan fingerprint density at radius 1 is 1.08 bits per heavy atom. The van der Waals surface area contributed by atoms with E-state index in [2.05, 4.69) is 0 Å². The predicted octanol–water partition coefficient (Wildman–Crippen LogP) is 4.36. The van der Waals surface area contributed by atoms with Crippen LogP contribution in [0.15, 0.2) is 53.4 Å². The first-order chi connectivity index (χ1) is 12.4. The van der Waals surface area contributed by atoms with Gasteiger partial charge in [-0.25, -0.2) is 0 Å². The zero-order chi connectivity index (χ0) is 18.8. The molecule has 0 unspecified atom stereocenters. The monoisotopic (exact) mass is 382 g/mol. The van der Waals surface area contributed by atoms with Crippen LogP contribution in [0.4, 0.5) is 11.4 Å². The lowest BCUT2D eigenvalue weighted by Gasteiger charge is -2.14. The van der Waals surface area contributed by atoms with Crippen LogP contribution in [0.1, 0.15) is 22.8 Å². The molecule has 1 aliphatic heterocycles. The first-order valence-corrected chi connectivity index (χ1v) is 9.25. The second kappa shape index (κ2) is 7.43. The minimum Gasteiger partial charge on any atom is -0.378 e. The molecule has 0 aliphatic carbocycles. The van der Waals surface area contributed by atoms with Crippen LogP contribution in [0.2, 0.25) is 0 Å². The molecule has 0 aromatic heterocycles. The van der Waals surface area contributed by atoms with Gasteiger partial charge in [-0.3, -0.25) is 14.5 Å². The summed E-state index contributed by atoms with van der Waals surface area (Å²) in [6, 6.07) is 14.9. The number of hydrogen-bond acceptors (Lipinski definition) is 5. The topological polar surface area (TPSA) is 40.6 Å². The fraction of sp³-hybridized carbons (Fsp3) is 0.150. The molecule has 0 saturated carbocycles. The van der Waals surface area contributed by atoms with Crippen molar-refractivity contribution < 1.29 is 9.59 Å². The molecule has 4 nitrogen and oxygen atoms in total. The number of amides is 1. The van der Waals surface area contributed by atoms with Crippen LogP contribution in [0.3, 0.4) is 0 Å². The molecule has 1 saturated heterocycles. The smallest absolute Gasteiger partial charge is 0.270 e. The highest BCUT2D eigenvalue weighted by molar-refractivity contribution is 8.27. The highest BCUT2D eigenvalue weighted by atomic mass is 32.2. The third kappa shape index (κ3) is 3.71. The summed E-state index contributed by atoms with van der Waals surface area (Å²) in [5.41, 5.74) is 3.32. The lowest BCUT2D eigenvalue weighted by Crippen LogP contribution is -2.27. The number of carbonyl (C=O) groups is 2. The van der Waals surface area contributed by atoms with E-state index in [0.717, 1.165) is 11.3 Å². The summed E-state index contributed by atoms with van der Waals surface area (Å²) in [5.74, 6) is -0.157. The van der Waals surface area contributed by atoms with Crippen molar-refractivity contribution in [3.63, 3.8) is 0 Å². The van der Waals surface area contributed by atoms with E-state index in [1.807, 2.05) is 49.3 Å². The molecule has 0 bridgehead atoms. The number of ketones is 1. The van der Waals surface area contributed by atoms with Gasteiger partial charge >= 0.3 is 0 Å². The van der Waals surface area contributed by atoms with Gasteiger partial charge in [-0.1, -0.05) is 36.1 Å².